The zero-order valence-corrected chi connectivity index (χ0v) is 12.8. The average Bonchev–Trinajstić information content (AvgIpc) is 3.20. The van der Waals surface area contributed by atoms with Gasteiger partial charge in [0.05, 0.1) is 5.75 Å². The monoisotopic (exact) mass is 291 g/mol. The van der Waals surface area contributed by atoms with Crippen molar-refractivity contribution in [3.63, 3.8) is 0 Å². The number of hydrogen-bond acceptors (Lipinski definition) is 3. The number of urea groups is 1. The molecule has 1 aliphatic carbocycles. The van der Waals surface area contributed by atoms with Crippen molar-refractivity contribution in [2.75, 3.05) is 25.9 Å². The maximum Gasteiger partial charge on any atom is 0.317 e. The van der Waals surface area contributed by atoms with Crippen LogP contribution in [0.15, 0.2) is 0 Å². The van der Waals surface area contributed by atoms with Gasteiger partial charge in [0.1, 0.15) is 0 Å². The summed E-state index contributed by atoms with van der Waals surface area (Å²) < 4.78 is 24.8. The fraction of sp³-hybridized carbons (Fsp3) is 0.917. The molecule has 1 fully saturated rings. The molecule has 112 valence electrons. The Morgan fingerprint density at radius 1 is 1.37 bits per heavy atom. The lowest BCUT2D eigenvalue weighted by Gasteiger charge is -2.25. The number of nitrogens with zero attached hydrogens (tertiary/aromatic N) is 1. The van der Waals surface area contributed by atoms with E-state index in [9.17, 15) is 13.2 Å². The number of rotatable bonds is 8. The van der Waals surface area contributed by atoms with Crippen LogP contribution in [0.3, 0.4) is 0 Å². The van der Waals surface area contributed by atoms with Gasteiger partial charge in [-0.1, -0.05) is 0 Å². The normalized spacial score (nSPS) is 17.0. The molecule has 0 saturated heterocycles. The van der Waals surface area contributed by atoms with Crippen LogP contribution >= 0.6 is 0 Å². The Kier molecular flexibility index (Phi) is 6.06. The van der Waals surface area contributed by atoms with Crippen LogP contribution in [0.25, 0.3) is 0 Å². The van der Waals surface area contributed by atoms with Crippen LogP contribution in [-0.2, 0) is 10.0 Å². The third-order valence-electron chi connectivity index (χ3n) is 3.57. The smallest absolute Gasteiger partial charge is 0.317 e. The molecule has 0 aromatic heterocycles. The zero-order chi connectivity index (χ0) is 14.5. The van der Waals surface area contributed by atoms with Crippen molar-refractivity contribution >= 4 is 16.1 Å². The van der Waals surface area contributed by atoms with Crippen LogP contribution in [0.5, 0.6) is 0 Å². The molecule has 1 rings (SSSR count). The summed E-state index contributed by atoms with van der Waals surface area (Å²) in [5, 5.41) is 2.80. The third kappa shape index (κ3) is 5.78. The molecule has 2 N–H and O–H groups in total. The van der Waals surface area contributed by atoms with E-state index in [0.29, 0.717) is 25.4 Å². The van der Waals surface area contributed by atoms with Gasteiger partial charge in [0.25, 0.3) is 0 Å². The molecule has 0 spiro atoms. The van der Waals surface area contributed by atoms with Gasteiger partial charge in [-0.15, -0.1) is 0 Å². The van der Waals surface area contributed by atoms with Crippen molar-refractivity contribution in [1.82, 2.24) is 14.9 Å². The van der Waals surface area contributed by atoms with Crippen LogP contribution in [-0.4, -0.2) is 51.3 Å². The predicted octanol–water partition coefficient (Wildman–Crippen LogP) is 0.756. The Labute approximate surface area is 116 Å². The van der Waals surface area contributed by atoms with Gasteiger partial charge >= 0.3 is 6.03 Å². The maximum atomic E-state index is 11.8. The van der Waals surface area contributed by atoms with Gasteiger partial charge < -0.3 is 10.2 Å². The van der Waals surface area contributed by atoms with Crippen molar-refractivity contribution < 1.29 is 13.2 Å². The number of hydrogen-bond donors (Lipinski definition) is 2. The molecule has 0 aromatic rings. The van der Waals surface area contributed by atoms with E-state index in [-0.39, 0.29) is 17.8 Å². The van der Waals surface area contributed by atoms with Gasteiger partial charge in [-0.2, -0.15) is 0 Å². The first kappa shape index (κ1) is 16.2. The highest BCUT2D eigenvalue weighted by molar-refractivity contribution is 7.89. The Morgan fingerprint density at radius 3 is 2.53 bits per heavy atom. The van der Waals surface area contributed by atoms with Crippen LogP contribution in [0.1, 0.15) is 33.1 Å². The van der Waals surface area contributed by atoms with E-state index >= 15 is 0 Å². The second kappa shape index (κ2) is 7.09. The summed E-state index contributed by atoms with van der Waals surface area (Å²) in [5.41, 5.74) is 0. The predicted molar refractivity (Wildman–Crippen MR) is 75.4 cm³/mol. The molecule has 0 aromatic carbocycles. The highest BCUT2D eigenvalue weighted by Gasteiger charge is 2.32. The fourth-order valence-electron chi connectivity index (χ4n) is 1.82. The van der Waals surface area contributed by atoms with Crippen molar-refractivity contribution in [2.45, 2.75) is 39.2 Å². The average molecular weight is 291 g/mol. The Bertz CT molecular complexity index is 393. The van der Waals surface area contributed by atoms with Crippen molar-refractivity contribution in [1.29, 1.82) is 0 Å². The number of nitrogens with one attached hydrogen (secondary N) is 2. The molecular weight excluding hydrogens is 266 g/mol. The van der Waals surface area contributed by atoms with E-state index in [1.165, 1.54) is 12.8 Å². The number of amides is 2. The zero-order valence-electron chi connectivity index (χ0n) is 12.0. The van der Waals surface area contributed by atoms with E-state index in [1.54, 1.807) is 18.9 Å². The van der Waals surface area contributed by atoms with E-state index in [0.717, 1.165) is 0 Å². The molecular formula is C12H25N3O3S. The first-order chi connectivity index (χ1) is 8.87. The Hall–Kier alpha value is -0.820. The molecule has 0 aliphatic heterocycles. The van der Waals surface area contributed by atoms with E-state index in [1.807, 2.05) is 0 Å². The molecule has 7 heteroatoms. The quantitative estimate of drug-likeness (QED) is 0.648. The Morgan fingerprint density at radius 2 is 2.00 bits per heavy atom. The fourth-order valence-corrected chi connectivity index (χ4v) is 2.48. The van der Waals surface area contributed by atoms with Crippen molar-refractivity contribution in [3.05, 3.63) is 0 Å². The molecule has 0 bridgehead atoms. The summed E-state index contributed by atoms with van der Waals surface area (Å²) >= 11 is 0. The highest BCUT2D eigenvalue weighted by Crippen LogP contribution is 2.34. The van der Waals surface area contributed by atoms with E-state index in [2.05, 4.69) is 17.0 Å². The lowest BCUT2D eigenvalue weighted by atomic mass is 10.2. The summed E-state index contributed by atoms with van der Waals surface area (Å²) in [4.78, 5) is 13.5. The van der Waals surface area contributed by atoms with Crippen LogP contribution in [0, 0.1) is 5.92 Å². The number of carbonyl (C=O) groups excluding carboxylic acids is 1. The summed E-state index contributed by atoms with van der Waals surface area (Å²) in [6, 6.07) is 0.191. The van der Waals surface area contributed by atoms with Crippen molar-refractivity contribution in [2.24, 2.45) is 5.92 Å². The second-order valence-electron chi connectivity index (χ2n) is 5.07. The minimum absolute atomic E-state index is 0.0843. The topological polar surface area (TPSA) is 78.5 Å². The van der Waals surface area contributed by atoms with Gasteiger partial charge in [-0.25, -0.2) is 17.9 Å². The van der Waals surface area contributed by atoms with Crippen LogP contribution in [0.4, 0.5) is 4.79 Å². The SMILES string of the molecule is CCS(=O)(=O)NCCCNC(=O)N(C)C(C)C1CC1. The summed E-state index contributed by atoms with van der Waals surface area (Å²) in [6.07, 6.45) is 3.01. The number of carbonyl (C=O) groups is 1. The van der Waals surface area contributed by atoms with Crippen LogP contribution < -0.4 is 10.0 Å². The summed E-state index contributed by atoms with van der Waals surface area (Å²) in [7, 11) is -1.32. The second-order valence-corrected chi connectivity index (χ2v) is 7.17. The lowest BCUT2D eigenvalue weighted by molar-refractivity contribution is 0.188. The first-order valence-corrected chi connectivity index (χ1v) is 8.50. The van der Waals surface area contributed by atoms with Gasteiger partial charge in [0.2, 0.25) is 10.0 Å². The third-order valence-corrected chi connectivity index (χ3v) is 4.97. The molecule has 0 heterocycles. The van der Waals surface area contributed by atoms with Gasteiger partial charge in [0, 0.05) is 26.2 Å². The maximum absolute atomic E-state index is 11.8. The van der Waals surface area contributed by atoms with E-state index < -0.39 is 10.0 Å². The minimum atomic E-state index is -3.13. The molecule has 1 aliphatic rings. The molecule has 1 atom stereocenters. The van der Waals surface area contributed by atoms with Crippen molar-refractivity contribution in [3.8, 4) is 0 Å². The largest absolute Gasteiger partial charge is 0.338 e. The van der Waals surface area contributed by atoms with Crippen LogP contribution in [0.2, 0.25) is 0 Å². The Balaban J connectivity index is 2.13. The van der Waals surface area contributed by atoms with Gasteiger partial charge in [0.15, 0.2) is 0 Å². The highest BCUT2D eigenvalue weighted by atomic mass is 32.2. The standard InChI is InChI=1S/C12H25N3O3S/c1-4-19(17,18)14-9-5-8-13-12(16)15(3)10(2)11-6-7-11/h10-11,14H,4-9H2,1-3H3,(H,13,16). The van der Waals surface area contributed by atoms with Gasteiger partial charge in [-0.05, 0) is 39.0 Å². The first-order valence-electron chi connectivity index (χ1n) is 6.85. The summed E-state index contributed by atoms with van der Waals surface area (Å²) in [5.74, 6) is 0.730. The van der Waals surface area contributed by atoms with Gasteiger partial charge in [-0.3, -0.25) is 0 Å². The van der Waals surface area contributed by atoms with E-state index in [4.69, 9.17) is 0 Å². The lowest BCUT2D eigenvalue weighted by Crippen LogP contribution is -2.44. The molecule has 6 nitrogen and oxygen atoms in total. The molecule has 0 radical (unpaired) electrons. The molecule has 1 saturated carbocycles. The molecule has 1 unspecified atom stereocenters. The molecule has 19 heavy (non-hydrogen) atoms. The molecule has 2 amide bonds. The minimum Gasteiger partial charge on any atom is -0.338 e. The number of sulfonamides is 1. The summed E-state index contributed by atoms with van der Waals surface area (Å²) in [6.45, 7) is 4.50.